The molecule has 0 saturated carbocycles. The zero-order valence-corrected chi connectivity index (χ0v) is 16.5. The number of nitrogens with zero attached hydrogens (tertiary/aromatic N) is 4. The molecule has 0 bridgehead atoms. The van der Waals surface area contributed by atoms with E-state index in [9.17, 15) is 4.79 Å². The number of fused-ring (bicyclic) bond motifs is 1. The van der Waals surface area contributed by atoms with Crippen molar-refractivity contribution in [3.63, 3.8) is 0 Å². The Balaban J connectivity index is 1.39. The fraction of sp³-hybridized carbons (Fsp3) is 0.550. The van der Waals surface area contributed by atoms with E-state index in [0.29, 0.717) is 18.0 Å². The van der Waals surface area contributed by atoms with E-state index < -0.39 is 0 Å². The van der Waals surface area contributed by atoms with Crippen LogP contribution in [0.4, 0.5) is 0 Å². The van der Waals surface area contributed by atoms with Gasteiger partial charge in [0.15, 0.2) is 18.1 Å². The number of carbonyl (C=O) groups excluding carboxylic acids is 1. The second-order valence-electron chi connectivity index (χ2n) is 7.42. The standard InChI is InChI=1S/C20H27N5O3/c1-14-5-6-16(17(10-14)27-2)28-13-19(26)24-8-3-4-15(12-24)20-23-22-18-11-21-7-9-25(18)20/h5-6,10,15,21H,3-4,7-9,11-13H2,1-2H3. The van der Waals surface area contributed by atoms with E-state index in [2.05, 4.69) is 20.1 Å². The van der Waals surface area contributed by atoms with Crippen LogP contribution >= 0.6 is 0 Å². The minimum Gasteiger partial charge on any atom is -0.493 e. The molecule has 2 aromatic rings. The molecule has 4 rings (SSSR count). The quantitative estimate of drug-likeness (QED) is 0.840. The summed E-state index contributed by atoms with van der Waals surface area (Å²) in [5.74, 6) is 3.45. The highest BCUT2D eigenvalue weighted by atomic mass is 16.5. The van der Waals surface area contributed by atoms with Crippen molar-refractivity contribution in [2.24, 2.45) is 0 Å². The van der Waals surface area contributed by atoms with Crippen molar-refractivity contribution in [3.8, 4) is 11.5 Å². The molecule has 28 heavy (non-hydrogen) atoms. The molecule has 2 aliphatic heterocycles. The molecule has 8 nitrogen and oxygen atoms in total. The number of piperidine rings is 1. The lowest BCUT2D eigenvalue weighted by atomic mass is 9.97. The monoisotopic (exact) mass is 385 g/mol. The summed E-state index contributed by atoms with van der Waals surface area (Å²) in [5.41, 5.74) is 1.08. The summed E-state index contributed by atoms with van der Waals surface area (Å²) in [6.45, 7) is 6.00. The van der Waals surface area contributed by atoms with Gasteiger partial charge in [-0.2, -0.15) is 0 Å². The molecule has 150 valence electrons. The van der Waals surface area contributed by atoms with Crippen LogP contribution in [0.5, 0.6) is 11.5 Å². The Morgan fingerprint density at radius 1 is 1.29 bits per heavy atom. The number of hydrogen-bond acceptors (Lipinski definition) is 6. The Kier molecular flexibility index (Phi) is 5.47. The number of carbonyl (C=O) groups is 1. The van der Waals surface area contributed by atoms with Crippen molar-refractivity contribution in [1.29, 1.82) is 0 Å². The van der Waals surface area contributed by atoms with Gasteiger partial charge in [0.1, 0.15) is 11.6 Å². The summed E-state index contributed by atoms with van der Waals surface area (Å²) in [6, 6.07) is 5.69. The fourth-order valence-electron chi connectivity index (χ4n) is 3.96. The highest BCUT2D eigenvalue weighted by molar-refractivity contribution is 5.78. The third kappa shape index (κ3) is 3.82. The van der Waals surface area contributed by atoms with Crippen molar-refractivity contribution in [2.45, 2.75) is 38.8 Å². The van der Waals surface area contributed by atoms with Crippen molar-refractivity contribution < 1.29 is 14.3 Å². The van der Waals surface area contributed by atoms with Gasteiger partial charge >= 0.3 is 0 Å². The minimum atomic E-state index is -0.00706. The Morgan fingerprint density at radius 2 is 2.18 bits per heavy atom. The maximum atomic E-state index is 12.7. The molecule has 1 unspecified atom stereocenters. The van der Waals surface area contributed by atoms with Gasteiger partial charge in [0.2, 0.25) is 0 Å². The van der Waals surface area contributed by atoms with Gasteiger partial charge in [0.25, 0.3) is 5.91 Å². The van der Waals surface area contributed by atoms with E-state index in [1.165, 1.54) is 0 Å². The lowest BCUT2D eigenvalue weighted by Gasteiger charge is -2.32. The number of amides is 1. The van der Waals surface area contributed by atoms with Gasteiger partial charge in [-0.25, -0.2) is 0 Å². The van der Waals surface area contributed by atoms with E-state index in [1.54, 1.807) is 7.11 Å². The van der Waals surface area contributed by atoms with E-state index in [4.69, 9.17) is 9.47 Å². The summed E-state index contributed by atoms with van der Waals surface area (Å²) >= 11 is 0. The van der Waals surface area contributed by atoms with Crippen molar-refractivity contribution in [3.05, 3.63) is 35.4 Å². The number of rotatable bonds is 5. The Labute approximate surface area is 164 Å². The topological polar surface area (TPSA) is 81.5 Å². The first-order valence-electron chi connectivity index (χ1n) is 9.83. The molecule has 1 aromatic carbocycles. The number of aromatic nitrogens is 3. The number of likely N-dealkylation sites (tertiary alicyclic amines) is 1. The number of methoxy groups -OCH3 is 1. The molecule has 1 N–H and O–H groups in total. The zero-order valence-electron chi connectivity index (χ0n) is 16.5. The number of benzene rings is 1. The van der Waals surface area contributed by atoms with Crippen LogP contribution in [0.3, 0.4) is 0 Å². The predicted octanol–water partition coefficient (Wildman–Crippen LogP) is 1.48. The lowest BCUT2D eigenvalue weighted by Crippen LogP contribution is -2.42. The van der Waals surface area contributed by atoms with Gasteiger partial charge in [0, 0.05) is 32.1 Å². The Bertz CT molecular complexity index is 850. The van der Waals surface area contributed by atoms with Gasteiger partial charge < -0.3 is 24.3 Å². The lowest BCUT2D eigenvalue weighted by molar-refractivity contribution is -0.134. The molecular formula is C20H27N5O3. The molecule has 1 amide bonds. The largest absolute Gasteiger partial charge is 0.493 e. The van der Waals surface area contributed by atoms with Crippen molar-refractivity contribution in [1.82, 2.24) is 25.0 Å². The molecule has 8 heteroatoms. The number of ether oxygens (including phenoxy) is 2. The second-order valence-corrected chi connectivity index (χ2v) is 7.42. The van der Waals surface area contributed by atoms with E-state index in [1.807, 2.05) is 30.0 Å². The highest BCUT2D eigenvalue weighted by Crippen LogP contribution is 2.29. The van der Waals surface area contributed by atoms with Gasteiger partial charge in [-0.05, 0) is 37.5 Å². The van der Waals surface area contributed by atoms with E-state index >= 15 is 0 Å². The number of hydrogen-bond donors (Lipinski definition) is 1. The molecule has 0 spiro atoms. The number of nitrogens with one attached hydrogen (secondary N) is 1. The van der Waals surface area contributed by atoms with Crippen LogP contribution in [0.25, 0.3) is 0 Å². The predicted molar refractivity (Wildman–Crippen MR) is 104 cm³/mol. The average Bonchev–Trinajstić information content (AvgIpc) is 3.17. The zero-order chi connectivity index (χ0) is 19.5. The molecule has 1 saturated heterocycles. The van der Waals surface area contributed by atoms with Crippen LogP contribution in [0.1, 0.15) is 36.0 Å². The van der Waals surface area contributed by atoms with Gasteiger partial charge in [-0.3, -0.25) is 4.79 Å². The Hall–Kier alpha value is -2.61. The first kappa shape index (κ1) is 18.7. The van der Waals surface area contributed by atoms with Crippen LogP contribution < -0.4 is 14.8 Å². The number of aryl methyl sites for hydroxylation is 1. The second kappa shape index (κ2) is 8.18. The van der Waals surface area contributed by atoms with Crippen LogP contribution in [-0.4, -0.2) is 58.9 Å². The summed E-state index contributed by atoms with van der Waals surface area (Å²) < 4.78 is 13.3. The van der Waals surface area contributed by atoms with Crippen molar-refractivity contribution in [2.75, 3.05) is 33.4 Å². The van der Waals surface area contributed by atoms with Crippen molar-refractivity contribution >= 4 is 5.91 Å². The van der Waals surface area contributed by atoms with Crippen LogP contribution in [0, 0.1) is 6.92 Å². The van der Waals surface area contributed by atoms with Gasteiger partial charge in [-0.1, -0.05) is 6.07 Å². The molecule has 1 fully saturated rings. The smallest absolute Gasteiger partial charge is 0.260 e. The SMILES string of the molecule is COc1cc(C)ccc1OCC(=O)N1CCCC(c2nnc3n2CCNC3)C1. The summed E-state index contributed by atoms with van der Waals surface area (Å²) in [5, 5.41) is 12.1. The van der Waals surface area contributed by atoms with E-state index in [-0.39, 0.29) is 18.4 Å². The molecule has 0 aliphatic carbocycles. The van der Waals surface area contributed by atoms with Gasteiger partial charge in [-0.15, -0.1) is 10.2 Å². The van der Waals surface area contributed by atoms with E-state index in [0.717, 1.165) is 56.2 Å². The first-order valence-corrected chi connectivity index (χ1v) is 9.83. The molecule has 2 aliphatic rings. The normalized spacial score (nSPS) is 19.2. The average molecular weight is 385 g/mol. The molecule has 3 heterocycles. The maximum Gasteiger partial charge on any atom is 0.260 e. The maximum absolute atomic E-state index is 12.7. The summed E-state index contributed by atoms with van der Waals surface area (Å²) in [7, 11) is 1.60. The highest BCUT2D eigenvalue weighted by Gasteiger charge is 2.29. The third-order valence-corrected chi connectivity index (χ3v) is 5.46. The van der Waals surface area contributed by atoms with Crippen LogP contribution in [-0.2, 0) is 17.9 Å². The summed E-state index contributed by atoms with van der Waals surface area (Å²) in [4.78, 5) is 14.6. The fourth-order valence-corrected chi connectivity index (χ4v) is 3.96. The summed E-state index contributed by atoms with van der Waals surface area (Å²) in [6.07, 6.45) is 1.99. The first-order chi connectivity index (χ1) is 13.7. The van der Waals surface area contributed by atoms with Crippen LogP contribution in [0.2, 0.25) is 0 Å². The molecule has 1 aromatic heterocycles. The molecule has 0 radical (unpaired) electrons. The molecular weight excluding hydrogens is 358 g/mol. The minimum absolute atomic E-state index is 0.00706. The third-order valence-electron chi connectivity index (χ3n) is 5.46. The van der Waals surface area contributed by atoms with Gasteiger partial charge in [0.05, 0.1) is 13.7 Å². The van der Waals surface area contributed by atoms with Crippen LogP contribution in [0.15, 0.2) is 18.2 Å². The molecule has 1 atom stereocenters. The Morgan fingerprint density at radius 3 is 3.04 bits per heavy atom.